The summed E-state index contributed by atoms with van der Waals surface area (Å²) < 4.78 is 0. The molecule has 0 bridgehead atoms. The Bertz CT molecular complexity index is 473. The predicted molar refractivity (Wildman–Crippen MR) is 123 cm³/mol. The molecule has 5 nitrogen and oxygen atoms in total. The van der Waals surface area contributed by atoms with E-state index in [-0.39, 0.29) is 29.9 Å². The lowest BCUT2D eigenvalue weighted by atomic mass is 9.88. The van der Waals surface area contributed by atoms with Gasteiger partial charge in [-0.2, -0.15) is 0 Å². The molecule has 3 rings (SSSR count). The molecule has 0 radical (unpaired) electrons. The number of aliphatic imine (C=N–C) groups is 1. The zero-order chi connectivity index (χ0) is 18.2. The smallest absolute Gasteiger partial charge is 0.225 e. The van der Waals surface area contributed by atoms with Crippen LogP contribution in [-0.2, 0) is 4.79 Å². The molecule has 1 amide bonds. The maximum absolute atomic E-state index is 12.7. The number of carbonyl (C=O) groups is 1. The summed E-state index contributed by atoms with van der Waals surface area (Å²) in [6, 6.07) is 0.337. The third-order valence-electron chi connectivity index (χ3n) is 6.58. The molecule has 0 aromatic carbocycles. The number of carbonyl (C=O) groups excluding carboxylic acids is 1. The molecule has 1 saturated heterocycles. The van der Waals surface area contributed by atoms with Crippen molar-refractivity contribution < 1.29 is 4.79 Å². The van der Waals surface area contributed by atoms with E-state index in [0.717, 1.165) is 50.8 Å². The van der Waals surface area contributed by atoms with Crippen molar-refractivity contribution in [2.75, 3.05) is 26.7 Å². The molecule has 3 fully saturated rings. The highest BCUT2D eigenvalue weighted by atomic mass is 127. The second kappa shape index (κ2) is 12.1. The fourth-order valence-corrected chi connectivity index (χ4v) is 4.97. The Kier molecular flexibility index (Phi) is 10.2. The predicted octanol–water partition coefficient (Wildman–Crippen LogP) is 3.92. The third-order valence-corrected chi connectivity index (χ3v) is 6.58. The second-order valence-electron chi connectivity index (χ2n) is 8.54. The molecule has 1 atom stereocenters. The normalized spacial score (nSPS) is 24.7. The van der Waals surface area contributed by atoms with Crippen LogP contribution in [0.1, 0.15) is 77.0 Å². The first-order valence-corrected chi connectivity index (χ1v) is 11.0. The molecule has 1 aliphatic heterocycles. The molecule has 0 aromatic heterocycles. The van der Waals surface area contributed by atoms with Crippen LogP contribution in [0.2, 0.25) is 0 Å². The van der Waals surface area contributed by atoms with Gasteiger partial charge >= 0.3 is 0 Å². The lowest BCUT2D eigenvalue weighted by Crippen LogP contribution is -2.45. The van der Waals surface area contributed by atoms with E-state index in [9.17, 15) is 4.79 Å². The van der Waals surface area contributed by atoms with Crippen molar-refractivity contribution in [1.82, 2.24) is 15.5 Å². The summed E-state index contributed by atoms with van der Waals surface area (Å²) in [4.78, 5) is 19.1. The molecule has 27 heavy (non-hydrogen) atoms. The van der Waals surface area contributed by atoms with E-state index in [0.29, 0.717) is 11.9 Å². The summed E-state index contributed by atoms with van der Waals surface area (Å²) in [5.41, 5.74) is 0. The van der Waals surface area contributed by atoms with Gasteiger partial charge in [0.1, 0.15) is 0 Å². The first-order chi connectivity index (χ1) is 12.8. The third kappa shape index (κ3) is 7.09. The summed E-state index contributed by atoms with van der Waals surface area (Å²) in [7, 11) is 1.84. The molecule has 2 saturated carbocycles. The summed E-state index contributed by atoms with van der Waals surface area (Å²) in [6.45, 7) is 2.72. The van der Waals surface area contributed by atoms with Crippen molar-refractivity contribution in [2.24, 2.45) is 16.8 Å². The van der Waals surface area contributed by atoms with Gasteiger partial charge in [-0.05, 0) is 38.0 Å². The molecule has 2 N–H and O–H groups in total. The maximum atomic E-state index is 12.7. The van der Waals surface area contributed by atoms with Crippen LogP contribution in [0, 0.1) is 11.8 Å². The summed E-state index contributed by atoms with van der Waals surface area (Å²) in [5.74, 6) is 2.54. The van der Waals surface area contributed by atoms with Gasteiger partial charge in [0.2, 0.25) is 5.91 Å². The van der Waals surface area contributed by atoms with Crippen molar-refractivity contribution in [3.8, 4) is 0 Å². The molecule has 156 valence electrons. The molecule has 0 aromatic rings. The zero-order valence-electron chi connectivity index (χ0n) is 17.0. The standard InChI is InChI=1S/C21H38N4O.HI/c1-22-21(23-14-7-10-17-8-5-6-9-17)24-19-13-15-25(16-19)20(26)18-11-3-2-4-12-18;/h17-19H,2-16H2,1H3,(H2,22,23,24);1H. The first-order valence-electron chi connectivity index (χ1n) is 11.0. The lowest BCUT2D eigenvalue weighted by molar-refractivity contribution is -0.135. The van der Waals surface area contributed by atoms with E-state index in [1.807, 2.05) is 7.05 Å². The number of rotatable bonds is 6. The van der Waals surface area contributed by atoms with Gasteiger partial charge in [-0.1, -0.05) is 44.9 Å². The van der Waals surface area contributed by atoms with E-state index in [2.05, 4.69) is 20.5 Å². The highest BCUT2D eigenvalue weighted by Gasteiger charge is 2.31. The van der Waals surface area contributed by atoms with Gasteiger partial charge in [-0.25, -0.2) is 0 Å². The van der Waals surface area contributed by atoms with Gasteiger partial charge in [0, 0.05) is 38.6 Å². The molecule has 1 heterocycles. The molecular weight excluding hydrogens is 451 g/mol. The highest BCUT2D eigenvalue weighted by Crippen LogP contribution is 2.28. The van der Waals surface area contributed by atoms with Crippen molar-refractivity contribution in [2.45, 2.75) is 83.1 Å². The molecule has 2 aliphatic carbocycles. The lowest BCUT2D eigenvalue weighted by Gasteiger charge is -2.26. The van der Waals surface area contributed by atoms with Crippen molar-refractivity contribution in [1.29, 1.82) is 0 Å². The Morgan fingerprint density at radius 2 is 1.74 bits per heavy atom. The van der Waals surface area contributed by atoms with Gasteiger partial charge in [-0.15, -0.1) is 24.0 Å². The van der Waals surface area contributed by atoms with Gasteiger partial charge in [-0.3, -0.25) is 9.79 Å². The number of hydrogen-bond acceptors (Lipinski definition) is 2. The minimum Gasteiger partial charge on any atom is -0.356 e. The molecule has 0 spiro atoms. The first kappa shape index (κ1) is 22.8. The summed E-state index contributed by atoms with van der Waals surface area (Å²) >= 11 is 0. The molecular formula is C21H39IN4O. The molecule has 6 heteroatoms. The maximum Gasteiger partial charge on any atom is 0.225 e. The van der Waals surface area contributed by atoms with Gasteiger partial charge in [0.05, 0.1) is 0 Å². The monoisotopic (exact) mass is 490 g/mol. The van der Waals surface area contributed by atoms with Crippen LogP contribution in [0.3, 0.4) is 0 Å². The summed E-state index contributed by atoms with van der Waals surface area (Å²) in [5, 5.41) is 6.99. The average molecular weight is 490 g/mol. The number of amides is 1. The Hall–Kier alpha value is -0.530. The average Bonchev–Trinajstić information content (AvgIpc) is 3.36. The fourth-order valence-electron chi connectivity index (χ4n) is 4.97. The number of hydrogen-bond donors (Lipinski definition) is 2. The van der Waals surface area contributed by atoms with E-state index < -0.39 is 0 Å². The van der Waals surface area contributed by atoms with Crippen LogP contribution in [0.4, 0.5) is 0 Å². The topological polar surface area (TPSA) is 56.7 Å². The van der Waals surface area contributed by atoms with E-state index in [1.54, 1.807) is 0 Å². The van der Waals surface area contributed by atoms with E-state index >= 15 is 0 Å². The van der Waals surface area contributed by atoms with Crippen molar-refractivity contribution in [3.63, 3.8) is 0 Å². The van der Waals surface area contributed by atoms with Crippen LogP contribution >= 0.6 is 24.0 Å². The van der Waals surface area contributed by atoms with E-state index in [1.165, 1.54) is 57.8 Å². The van der Waals surface area contributed by atoms with Crippen LogP contribution in [0.15, 0.2) is 4.99 Å². The van der Waals surface area contributed by atoms with Crippen molar-refractivity contribution in [3.05, 3.63) is 0 Å². The molecule has 1 unspecified atom stereocenters. The molecule has 3 aliphatic rings. The van der Waals surface area contributed by atoms with Crippen LogP contribution in [0.5, 0.6) is 0 Å². The van der Waals surface area contributed by atoms with E-state index in [4.69, 9.17) is 0 Å². The van der Waals surface area contributed by atoms with Crippen LogP contribution in [0.25, 0.3) is 0 Å². The second-order valence-corrected chi connectivity index (χ2v) is 8.54. The van der Waals surface area contributed by atoms with Gasteiger partial charge < -0.3 is 15.5 Å². The Labute approximate surface area is 182 Å². The number of likely N-dealkylation sites (tertiary alicyclic amines) is 1. The number of nitrogens with zero attached hydrogens (tertiary/aromatic N) is 2. The Morgan fingerprint density at radius 1 is 1.04 bits per heavy atom. The van der Waals surface area contributed by atoms with Crippen molar-refractivity contribution >= 4 is 35.8 Å². The number of halogens is 1. The quantitative estimate of drug-likeness (QED) is 0.257. The fraction of sp³-hybridized carbons (Fsp3) is 0.905. The minimum atomic E-state index is 0. The summed E-state index contributed by atoms with van der Waals surface area (Å²) in [6.07, 6.45) is 15.3. The minimum absolute atomic E-state index is 0. The SMILES string of the molecule is CN=C(NCCCC1CCCC1)NC1CCN(C(=O)C2CCCCC2)C1.I. The zero-order valence-corrected chi connectivity index (χ0v) is 19.4. The Morgan fingerprint density at radius 3 is 2.44 bits per heavy atom. The van der Waals surface area contributed by atoms with Crippen LogP contribution < -0.4 is 10.6 Å². The largest absolute Gasteiger partial charge is 0.356 e. The van der Waals surface area contributed by atoms with Gasteiger partial charge in [0.25, 0.3) is 0 Å². The number of nitrogens with one attached hydrogen (secondary N) is 2. The van der Waals surface area contributed by atoms with Gasteiger partial charge in [0.15, 0.2) is 5.96 Å². The Balaban J connectivity index is 0.00000261. The highest BCUT2D eigenvalue weighted by molar-refractivity contribution is 14.0. The van der Waals surface area contributed by atoms with Crippen LogP contribution in [-0.4, -0.2) is 49.5 Å². The number of guanidine groups is 1.